The smallest absolute Gasteiger partial charge is 0.319 e. The Labute approximate surface area is 142 Å². The topological polar surface area (TPSA) is 78.5 Å². The van der Waals surface area contributed by atoms with E-state index in [2.05, 4.69) is 24.5 Å². The van der Waals surface area contributed by atoms with Crippen LogP contribution in [0.1, 0.15) is 26.7 Å². The van der Waals surface area contributed by atoms with Crippen LogP contribution >= 0.6 is 11.6 Å². The normalized spacial score (nSPS) is 16.6. The van der Waals surface area contributed by atoms with Crippen LogP contribution in [0.25, 0.3) is 0 Å². The number of hydrogen-bond donors (Lipinski definition) is 2. The fourth-order valence-corrected chi connectivity index (χ4v) is 4.26. The molecule has 6 nitrogen and oxygen atoms in total. The Hall–Kier alpha value is -1.47. The zero-order valence-electron chi connectivity index (χ0n) is 13.3. The Balaban J connectivity index is 2.01. The van der Waals surface area contributed by atoms with Gasteiger partial charge in [0.2, 0.25) is 10.0 Å². The highest BCUT2D eigenvalue weighted by Crippen LogP contribution is 2.33. The molecule has 1 aliphatic rings. The van der Waals surface area contributed by atoms with Gasteiger partial charge in [-0.1, -0.05) is 25.4 Å². The zero-order chi connectivity index (χ0) is 17.0. The van der Waals surface area contributed by atoms with Crippen molar-refractivity contribution in [1.82, 2.24) is 5.32 Å². The Morgan fingerprint density at radius 3 is 2.70 bits per heavy atom. The van der Waals surface area contributed by atoms with E-state index in [1.54, 1.807) is 18.2 Å². The van der Waals surface area contributed by atoms with Crippen LogP contribution in [0.5, 0.6) is 0 Å². The molecular weight excluding hydrogens is 338 g/mol. The maximum Gasteiger partial charge on any atom is 0.319 e. The highest BCUT2D eigenvalue weighted by molar-refractivity contribution is 7.93. The Bertz CT molecular complexity index is 677. The van der Waals surface area contributed by atoms with Crippen LogP contribution in [-0.2, 0) is 10.0 Å². The summed E-state index contributed by atoms with van der Waals surface area (Å²) in [6, 6.07) is 4.53. The molecule has 0 bridgehead atoms. The SMILES string of the molecule is CC(C)CCNC(=O)Nc1ccc(N2CCCS2(=O)=O)c(Cl)c1. The number of sulfonamides is 1. The van der Waals surface area contributed by atoms with Crippen molar-refractivity contribution in [2.75, 3.05) is 28.5 Å². The van der Waals surface area contributed by atoms with Crippen molar-refractivity contribution < 1.29 is 13.2 Å². The number of carbonyl (C=O) groups excluding carboxylic acids is 1. The molecule has 128 valence electrons. The molecule has 1 aromatic carbocycles. The minimum Gasteiger partial charge on any atom is -0.338 e. The van der Waals surface area contributed by atoms with Gasteiger partial charge in [-0.05, 0) is 37.0 Å². The zero-order valence-corrected chi connectivity index (χ0v) is 14.9. The van der Waals surface area contributed by atoms with E-state index in [4.69, 9.17) is 11.6 Å². The first-order chi connectivity index (χ1) is 10.8. The van der Waals surface area contributed by atoms with Gasteiger partial charge in [0.25, 0.3) is 0 Å². The maximum atomic E-state index is 11.9. The largest absolute Gasteiger partial charge is 0.338 e. The second-order valence-corrected chi connectivity index (χ2v) is 8.39. The number of carbonyl (C=O) groups is 1. The molecule has 0 atom stereocenters. The molecule has 1 aromatic rings. The van der Waals surface area contributed by atoms with Gasteiger partial charge in [-0.15, -0.1) is 0 Å². The molecule has 2 rings (SSSR count). The van der Waals surface area contributed by atoms with Crippen molar-refractivity contribution in [3.8, 4) is 0 Å². The van der Waals surface area contributed by atoms with Crippen LogP contribution in [0.4, 0.5) is 16.2 Å². The number of halogens is 1. The number of urea groups is 1. The van der Waals surface area contributed by atoms with Crippen molar-refractivity contribution in [3.05, 3.63) is 23.2 Å². The van der Waals surface area contributed by atoms with E-state index in [9.17, 15) is 13.2 Å². The van der Waals surface area contributed by atoms with E-state index in [0.717, 1.165) is 6.42 Å². The van der Waals surface area contributed by atoms with E-state index >= 15 is 0 Å². The number of nitrogens with zero attached hydrogens (tertiary/aromatic N) is 1. The van der Waals surface area contributed by atoms with E-state index in [0.29, 0.717) is 41.8 Å². The summed E-state index contributed by atoms with van der Waals surface area (Å²) in [6.45, 7) is 5.21. The number of rotatable bonds is 5. The molecule has 2 amide bonds. The van der Waals surface area contributed by atoms with Crippen LogP contribution in [0, 0.1) is 5.92 Å². The lowest BCUT2D eigenvalue weighted by Gasteiger charge is -2.19. The van der Waals surface area contributed by atoms with Gasteiger partial charge < -0.3 is 10.6 Å². The van der Waals surface area contributed by atoms with E-state index < -0.39 is 10.0 Å². The van der Waals surface area contributed by atoms with Gasteiger partial charge in [0.1, 0.15) is 0 Å². The van der Waals surface area contributed by atoms with Gasteiger partial charge in [0.05, 0.1) is 16.5 Å². The second kappa shape index (κ2) is 7.40. The van der Waals surface area contributed by atoms with Crippen LogP contribution in [0.2, 0.25) is 5.02 Å². The minimum absolute atomic E-state index is 0.140. The van der Waals surface area contributed by atoms with Gasteiger partial charge in [-0.2, -0.15) is 0 Å². The summed E-state index contributed by atoms with van der Waals surface area (Å²) in [6.07, 6.45) is 1.50. The number of nitrogens with one attached hydrogen (secondary N) is 2. The molecule has 0 saturated carbocycles. The molecule has 23 heavy (non-hydrogen) atoms. The number of anilines is 2. The van der Waals surface area contributed by atoms with Crippen molar-refractivity contribution >= 4 is 39.0 Å². The predicted molar refractivity (Wildman–Crippen MR) is 93.7 cm³/mol. The average Bonchev–Trinajstić information content (AvgIpc) is 2.78. The lowest BCUT2D eigenvalue weighted by molar-refractivity contribution is 0.251. The van der Waals surface area contributed by atoms with Crippen LogP contribution in [0.15, 0.2) is 18.2 Å². The van der Waals surface area contributed by atoms with Crippen LogP contribution < -0.4 is 14.9 Å². The lowest BCUT2D eigenvalue weighted by Crippen LogP contribution is -2.30. The van der Waals surface area contributed by atoms with Gasteiger partial charge >= 0.3 is 6.03 Å². The van der Waals surface area contributed by atoms with Gasteiger partial charge in [-0.25, -0.2) is 13.2 Å². The standard InChI is InChI=1S/C15H22ClN3O3S/c1-11(2)6-7-17-15(20)18-12-4-5-14(13(16)10-12)19-8-3-9-23(19,21)22/h4-5,10-11H,3,6-9H2,1-2H3,(H2,17,18,20). The molecule has 1 heterocycles. The average molecular weight is 360 g/mol. The summed E-state index contributed by atoms with van der Waals surface area (Å²) in [4.78, 5) is 11.8. The maximum absolute atomic E-state index is 11.9. The first kappa shape index (κ1) is 17.9. The Morgan fingerprint density at radius 1 is 1.39 bits per heavy atom. The number of hydrogen-bond acceptors (Lipinski definition) is 3. The number of benzene rings is 1. The molecule has 8 heteroatoms. The van der Waals surface area contributed by atoms with Gasteiger partial charge in [-0.3, -0.25) is 4.31 Å². The summed E-state index contributed by atoms with van der Waals surface area (Å²) in [5.41, 5.74) is 0.979. The van der Waals surface area contributed by atoms with Crippen molar-refractivity contribution in [1.29, 1.82) is 0 Å². The Kier molecular flexibility index (Phi) is 5.75. The molecule has 2 N–H and O–H groups in total. The Morgan fingerprint density at radius 2 is 2.13 bits per heavy atom. The first-order valence-corrected chi connectivity index (χ1v) is 9.63. The summed E-state index contributed by atoms with van der Waals surface area (Å²) in [5.74, 6) is 0.660. The van der Waals surface area contributed by atoms with Crippen molar-refractivity contribution in [2.24, 2.45) is 5.92 Å². The lowest BCUT2D eigenvalue weighted by atomic mass is 10.1. The summed E-state index contributed by atoms with van der Waals surface area (Å²) in [7, 11) is -3.27. The third-order valence-electron chi connectivity index (χ3n) is 3.58. The highest BCUT2D eigenvalue weighted by Gasteiger charge is 2.29. The van der Waals surface area contributed by atoms with E-state index in [1.807, 2.05) is 0 Å². The summed E-state index contributed by atoms with van der Waals surface area (Å²) >= 11 is 6.19. The molecular formula is C15H22ClN3O3S. The molecule has 0 radical (unpaired) electrons. The molecule has 0 aromatic heterocycles. The highest BCUT2D eigenvalue weighted by atomic mass is 35.5. The molecule has 1 saturated heterocycles. The summed E-state index contributed by atoms with van der Waals surface area (Å²) in [5, 5.41) is 5.76. The monoisotopic (exact) mass is 359 g/mol. The fourth-order valence-electron chi connectivity index (χ4n) is 2.35. The first-order valence-electron chi connectivity index (χ1n) is 7.64. The molecule has 0 unspecified atom stereocenters. The van der Waals surface area contributed by atoms with E-state index in [1.165, 1.54) is 4.31 Å². The molecule has 0 spiro atoms. The summed E-state index contributed by atoms with van der Waals surface area (Å²) < 4.78 is 25.2. The molecule has 1 aliphatic heterocycles. The van der Waals surface area contributed by atoms with Crippen molar-refractivity contribution in [3.63, 3.8) is 0 Å². The third-order valence-corrected chi connectivity index (χ3v) is 5.74. The quantitative estimate of drug-likeness (QED) is 0.848. The number of amides is 2. The van der Waals surface area contributed by atoms with E-state index in [-0.39, 0.29) is 11.8 Å². The van der Waals surface area contributed by atoms with Crippen LogP contribution in [-0.4, -0.2) is 33.3 Å². The molecule has 0 aliphatic carbocycles. The van der Waals surface area contributed by atoms with Gasteiger partial charge in [0.15, 0.2) is 0 Å². The second-order valence-electron chi connectivity index (χ2n) is 5.97. The molecule has 1 fully saturated rings. The minimum atomic E-state index is -3.27. The van der Waals surface area contributed by atoms with Gasteiger partial charge in [0, 0.05) is 18.8 Å². The van der Waals surface area contributed by atoms with Crippen molar-refractivity contribution in [2.45, 2.75) is 26.7 Å². The predicted octanol–water partition coefficient (Wildman–Crippen LogP) is 3.05. The third kappa shape index (κ3) is 4.75. The van der Waals surface area contributed by atoms with Crippen LogP contribution in [0.3, 0.4) is 0 Å². The fraction of sp³-hybridized carbons (Fsp3) is 0.533.